The predicted molar refractivity (Wildman–Crippen MR) is 139 cm³/mol. The second-order valence-corrected chi connectivity index (χ2v) is 10.6. The van der Waals surface area contributed by atoms with Crippen LogP contribution in [-0.2, 0) is 25.7 Å². The van der Waals surface area contributed by atoms with Crippen molar-refractivity contribution in [3.05, 3.63) is 39.9 Å². The lowest BCUT2D eigenvalue weighted by atomic mass is 10.2. The molecule has 1 aromatic rings. The zero-order chi connectivity index (χ0) is 27.8. The topological polar surface area (TPSA) is 190 Å². The molecule has 2 fully saturated rings. The zero-order valence-electron chi connectivity index (χ0n) is 21.1. The number of likely N-dealkylation sites (N-methyl/N-ethyl adjacent to an activating group) is 1. The van der Waals surface area contributed by atoms with Gasteiger partial charge < -0.3 is 20.7 Å². The summed E-state index contributed by atoms with van der Waals surface area (Å²) in [5.74, 6) is -0.724. The molecule has 0 aliphatic carbocycles. The Balaban J connectivity index is 1.37. The summed E-state index contributed by atoms with van der Waals surface area (Å²) in [6.45, 7) is 2.64. The first-order chi connectivity index (χ1) is 18.0. The fourth-order valence-corrected chi connectivity index (χ4v) is 5.38. The lowest BCUT2D eigenvalue weighted by molar-refractivity contribution is -0.384. The number of nitro benzene ring substituents is 1. The number of ether oxygens (including phenoxy) is 1. The van der Waals surface area contributed by atoms with Crippen LogP contribution in [0.2, 0.25) is 0 Å². The standard InChI is InChI=1S/C23H31N7O7S/c1-14(31)38-18-9-19(28(2)12-18)21(33)29-8-7-16(11-29)26-20(32)10-25-22(24)27-23(34)37-13-15-3-5-17(6-4-15)30(35)36/h3-6,16,18-19H,7-13H2,1-2H3,(H,26,32)(H3,24,25,27,34)/t16-,18-,19-/m0/s1. The number of aliphatic imine (C=N–C) groups is 1. The Morgan fingerprint density at radius 1 is 1.24 bits per heavy atom. The molecule has 2 heterocycles. The van der Waals surface area contributed by atoms with Gasteiger partial charge in [-0.25, -0.2) is 9.79 Å². The van der Waals surface area contributed by atoms with Crippen molar-refractivity contribution in [1.82, 2.24) is 20.4 Å². The van der Waals surface area contributed by atoms with E-state index in [-0.39, 0.29) is 53.2 Å². The van der Waals surface area contributed by atoms with Crippen LogP contribution in [0.15, 0.2) is 29.3 Å². The summed E-state index contributed by atoms with van der Waals surface area (Å²) in [5, 5.41) is 15.8. The maximum Gasteiger partial charge on any atom is 0.414 e. The number of nitro groups is 1. The van der Waals surface area contributed by atoms with Gasteiger partial charge in [-0.15, -0.1) is 0 Å². The van der Waals surface area contributed by atoms with Gasteiger partial charge in [-0.3, -0.25) is 34.7 Å². The van der Waals surface area contributed by atoms with Crippen molar-refractivity contribution < 1.29 is 28.8 Å². The molecule has 0 spiro atoms. The number of carbonyl (C=O) groups excluding carboxylic acids is 4. The third kappa shape index (κ3) is 8.41. The summed E-state index contributed by atoms with van der Waals surface area (Å²) in [7, 11) is 1.88. The highest BCUT2D eigenvalue weighted by Gasteiger charge is 2.39. The fraction of sp³-hybridized carbons (Fsp3) is 0.522. The molecule has 0 bridgehead atoms. The maximum atomic E-state index is 13.0. The van der Waals surface area contributed by atoms with Gasteiger partial charge in [0.15, 0.2) is 11.1 Å². The highest BCUT2D eigenvalue weighted by Crippen LogP contribution is 2.28. The number of hydrogen-bond donors (Lipinski definition) is 3. The van der Waals surface area contributed by atoms with Crippen LogP contribution < -0.4 is 16.4 Å². The molecule has 3 atom stereocenters. The maximum absolute atomic E-state index is 13.0. The Bertz CT molecular complexity index is 1100. The summed E-state index contributed by atoms with van der Waals surface area (Å²) in [4.78, 5) is 66.2. The summed E-state index contributed by atoms with van der Waals surface area (Å²) in [6, 6.07) is 5.00. The zero-order valence-corrected chi connectivity index (χ0v) is 21.9. The molecular weight excluding hydrogens is 518 g/mol. The van der Waals surface area contributed by atoms with Crippen molar-refractivity contribution in [3.8, 4) is 0 Å². The third-order valence-corrected chi connectivity index (χ3v) is 7.14. The highest BCUT2D eigenvalue weighted by atomic mass is 32.2. The number of thioether (sulfide) groups is 1. The number of alkyl carbamates (subject to hydrolysis) is 1. The molecule has 1 aromatic carbocycles. The van der Waals surface area contributed by atoms with E-state index in [1.54, 1.807) is 4.90 Å². The Hall–Kier alpha value is -3.72. The number of nitrogens with two attached hydrogens (primary N) is 1. The van der Waals surface area contributed by atoms with Gasteiger partial charge in [0.25, 0.3) is 5.69 Å². The number of amides is 3. The monoisotopic (exact) mass is 549 g/mol. The average Bonchev–Trinajstić information content (AvgIpc) is 3.47. The SMILES string of the molecule is CC(=O)S[C@H]1C[C@@H](C(=O)N2CC[C@H](NC(=O)CN=C(N)NC(=O)OCc3ccc([N+](=O)[O-])cc3)C2)N(C)C1. The third-order valence-electron chi connectivity index (χ3n) is 6.13. The Labute approximate surface area is 223 Å². The van der Waals surface area contributed by atoms with Gasteiger partial charge in [0, 0.05) is 50.0 Å². The number of nitrogens with one attached hydrogen (secondary N) is 2. The van der Waals surface area contributed by atoms with E-state index in [2.05, 4.69) is 15.6 Å². The van der Waals surface area contributed by atoms with Gasteiger partial charge >= 0.3 is 6.09 Å². The van der Waals surface area contributed by atoms with Gasteiger partial charge in [-0.1, -0.05) is 11.8 Å². The van der Waals surface area contributed by atoms with Crippen molar-refractivity contribution in [2.75, 3.05) is 33.2 Å². The minimum atomic E-state index is -0.893. The van der Waals surface area contributed by atoms with Crippen molar-refractivity contribution in [3.63, 3.8) is 0 Å². The van der Waals surface area contributed by atoms with Crippen LogP contribution in [0.1, 0.15) is 25.3 Å². The van der Waals surface area contributed by atoms with E-state index in [0.717, 1.165) is 0 Å². The molecule has 3 rings (SSSR count). The number of guanidine groups is 1. The molecule has 206 valence electrons. The minimum absolute atomic E-state index is 0.00500. The molecule has 15 heteroatoms. The summed E-state index contributed by atoms with van der Waals surface area (Å²) >= 11 is 1.27. The van der Waals surface area contributed by atoms with Gasteiger partial charge in [0.1, 0.15) is 13.2 Å². The lowest BCUT2D eigenvalue weighted by Gasteiger charge is -2.25. The molecule has 0 saturated carbocycles. The predicted octanol–water partition coefficient (Wildman–Crippen LogP) is 0.205. The Kier molecular flexibility index (Phi) is 10.0. The smallest absolute Gasteiger partial charge is 0.414 e. The lowest BCUT2D eigenvalue weighted by Crippen LogP contribution is -2.45. The molecule has 2 saturated heterocycles. The highest BCUT2D eigenvalue weighted by molar-refractivity contribution is 8.14. The fourth-order valence-electron chi connectivity index (χ4n) is 4.32. The van der Waals surface area contributed by atoms with Gasteiger partial charge in [-0.2, -0.15) is 0 Å². The van der Waals surface area contributed by atoms with E-state index in [1.807, 2.05) is 11.9 Å². The summed E-state index contributed by atoms with van der Waals surface area (Å²) in [5.41, 5.74) is 6.10. The average molecular weight is 550 g/mol. The molecule has 0 aromatic heterocycles. The second-order valence-electron chi connectivity index (χ2n) is 9.09. The van der Waals surface area contributed by atoms with E-state index in [9.17, 15) is 29.3 Å². The second kappa shape index (κ2) is 13.2. The van der Waals surface area contributed by atoms with E-state index in [4.69, 9.17) is 10.5 Å². The van der Waals surface area contributed by atoms with Crippen LogP contribution in [0.3, 0.4) is 0 Å². The van der Waals surface area contributed by atoms with Crippen LogP contribution in [-0.4, -0.2) is 94.3 Å². The van der Waals surface area contributed by atoms with Crippen molar-refractivity contribution in [1.29, 1.82) is 0 Å². The van der Waals surface area contributed by atoms with Gasteiger partial charge in [0.2, 0.25) is 11.8 Å². The van der Waals surface area contributed by atoms with Crippen molar-refractivity contribution >= 4 is 46.4 Å². The quantitative estimate of drug-likeness (QED) is 0.175. The van der Waals surface area contributed by atoms with Gasteiger partial charge in [-0.05, 0) is 37.6 Å². The van der Waals surface area contributed by atoms with Gasteiger partial charge in [0.05, 0.1) is 11.0 Å². The van der Waals surface area contributed by atoms with E-state index in [0.29, 0.717) is 38.0 Å². The molecule has 38 heavy (non-hydrogen) atoms. The molecule has 2 aliphatic rings. The summed E-state index contributed by atoms with van der Waals surface area (Å²) in [6.07, 6.45) is 0.326. The number of likely N-dealkylation sites (tertiary alicyclic amines) is 2. The molecular formula is C23H31N7O7S. The number of non-ortho nitro benzene ring substituents is 1. The van der Waals surface area contributed by atoms with E-state index < -0.39 is 16.9 Å². The molecule has 2 aliphatic heterocycles. The Morgan fingerprint density at radius 3 is 2.61 bits per heavy atom. The van der Waals surface area contributed by atoms with E-state index >= 15 is 0 Å². The number of benzene rings is 1. The first kappa shape index (κ1) is 28.8. The number of rotatable bonds is 8. The van der Waals surface area contributed by atoms with E-state index in [1.165, 1.54) is 43.0 Å². The minimum Gasteiger partial charge on any atom is -0.444 e. The molecule has 3 amide bonds. The first-order valence-electron chi connectivity index (χ1n) is 11.9. The van der Waals surface area contributed by atoms with Crippen molar-refractivity contribution in [2.45, 2.75) is 43.7 Å². The molecule has 4 N–H and O–H groups in total. The molecule has 14 nitrogen and oxygen atoms in total. The normalized spacial score (nSPS) is 21.7. The molecule has 0 radical (unpaired) electrons. The molecule has 0 unspecified atom stereocenters. The van der Waals surface area contributed by atoms with Crippen LogP contribution >= 0.6 is 11.8 Å². The van der Waals surface area contributed by atoms with Crippen LogP contribution in [0.4, 0.5) is 10.5 Å². The first-order valence-corrected chi connectivity index (χ1v) is 12.8. The van der Waals surface area contributed by atoms with Crippen LogP contribution in [0.5, 0.6) is 0 Å². The van der Waals surface area contributed by atoms with Crippen LogP contribution in [0, 0.1) is 10.1 Å². The summed E-state index contributed by atoms with van der Waals surface area (Å²) < 4.78 is 4.98. The van der Waals surface area contributed by atoms with Crippen molar-refractivity contribution in [2.24, 2.45) is 10.7 Å². The largest absolute Gasteiger partial charge is 0.444 e. The number of carbonyl (C=O) groups is 4. The number of hydrogen-bond acceptors (Lipinski definition) is 10. The number of nitrogens with zero attached hydrogens (tertiary/aromatic N) is 4. The Morgan fingerprint density at radius 2 is 1.95 bits per heavy atom. The van der Waals surface area contributed by atoms with Crippen LogP contribution in [0.25, 0.3) is 0 Å².